The van der Waals surface area contributed by atoms with Gasteiger partial charge in [0.1, 0.15) is 5.82 Å². The number of hydrogen-bond acceptors (Lipinski definition) is 5. The second-order valence-corrected chi connectivity index (χ2v) is 7.57. The highest BCUT2D eigenvalue weighted by molar-refractivity contribution is 7.98. The Morgan fingerprint density at radius 1 is 1.36 bits per heavy atom. The third-order valence-electron chi connectivity index (χ3n) is 3.78. The van der Waals surface area contributed by atoms with E-state index in [0.29, 0.717) is 47.1 Å². The second-order valence-electron chi connectivity index (χ2n) is 6.46. The van der Waals surface area contributed by atoms with Gasteiger partial charge in [-0.05, 0) is 24.5 Å². The number of nitrogens with one attached hydrogen (secondary N) is 2. The van der Waals surface area contributed by atoms with E-state index < -0.39 is 0 Å². The van der Waals surface area contributed by atoms with Gasteiger partial charge in [-0.25, -0.2) is 4.98 Å². The Labute approximate surface area is 152 Å². The maximum Gasteiger partial charge on any atom is 0.258 e. The van der Waals surface area contributed by atoms with Crippen molar-refractivity contribution in [3.63, 3.8) is 0 Å². The average molecular weight is 362 g/mol. The molecule has 0 saturated carbocycles. The lowest BCUT2D eigenvalue weighted by molar-refractivity contribution is -0.121. The maximum absolute atomic E-state index is 12.0. The number of amides is 1. The van der Waals surface area contributed by atoms with Gasteiger partial charge in [0.2, 0.25) is 5.91 Å². The Morgan fingerprint density at radius 2 is 2.12 bits per heavy atom. The molecule has 2 aromatic rings. The first-order chi connectivity index (χ1) is 12.0. The zero-order chi connectivity index (χ0) is 18.2. The Hall–Kier alpha value is -1.86. The third-order valence-corrected chi connectivity index (χ3v) is 4.75. The highest BCUT2D eigenvalue weighted by atomic mass is 32.2. The highest BCUT2D eigenvalue weighted by Crippen LogP contribution is 2.12. The van der Waals surface area contributed by atoms with E-state index in [-0.39, 0.29) is 17.5 Å². The number of nitrogens with two attached hydrogens (primary N) is 1. The van der Waals surface area contributed by atoms with Crippen LogP contribution in [0.15, 0.2) is 29.1 Å². The van der Waals surface area contributed by atoms with E-state index in [1.165, 1.54) is 0 Å². The number of fused-ring (bicyclic) bond motifs is 1. The molecule has 0 fully saturated rings. The summed E-state index contributed by atoms with van der Waals surface area (Å²) in [5, 5.41) is 3.57. The molecule has 0 aliphatic carbocycles. The summed E-state index contributed by atoms with van der Waals surface area (Å²) >= 11 is 1.58. The first-order valence-electron chi connectivity index (χ1n) is 8.54. The molecule has 7 heteroatoms. The minimum atomic E-state index is -0.126. The van der Waals surface area contributed by atoms with Crippen LogP contribution in [-0.2, 0) is 10.5 Å². The standard InChI is InChI=1S/C18H26N4O2S/c1-12(2)9-13(10-19)20-17(23)7-8-25-11-16-21-15-6-4-3-5-14(15)18(24)22-16/h3-6,12-13H,7-11,19H2,1-2H3,(H,20,23)(H,21,22,24). The van der Waals surface area contributed by atoms with Crippen LogP contribution in [0.25, 0.3) is 10.9 Å². The number of carbonyl (C=O) groups excluding carboxylic acids is 1. The number of nitrogens with zero attached hydrogens (tertiary/aromatic N) is 1. The third kappa shape index (κ3) is 6.17. The molecule has 2 rings (SSSR count). The van der Waals surface area contributed by atoms with Gasteiger partial charge in [-0.15, -0.1) is 0 Å². The SMILES string of the molecule is CC(C)CC(CN)NC(=O)CCSCc1nc2ccccc2c(=O)[nH]1. The van der Waals surface area contributed by atoms with E-state index in [4.69, 9.17) is 5.73 Å². The minimum absolute atomic E-state index is 0.0172. The van der Waals surface area contributed by atoms with E-state index in [0.717, 1.165) is 6.42 Å². The number of aromatic amines is 1. The average Bonchev–Trinajstić information content (AvgIpc) is 2.58. The van der Waals surface area contributed by atoms with Gasteiger partial charge in [0, 0.05) is 24.8 Å². The Morgan fingerprint density at radius 3 is 2.84 bits per heavy atom. The second kappa shape index (κ2) is 9.58. The molecule has 25 heavy (non-hydrogen) atoms. The number of rotatable bonds is 9. The molecule has 1 unspecified atom stereocenters. The van der Waals surface area contributed by atoms with Crippen molar-refractivity contribution in [2.75, 3.05) is 12.3 Å². The summed E-state index contributed by atoms with van der Waals surface area (Å²) in [5.41, 5.74) is 6.26. The van der Waals surface area contributed by atoms with Gasteiger partial charge in [0.15, 0.2) is 0 Å². The number of aromatic nitrogens is 2. The molecule has 1 atom stereocenters. The van der Waals surface area contributed by atoms with Crippen LogP contribution in [0, 0.1) is 5.92 Å². The molecule has 6 nitrogen and oxygen atoms in total. The summed E-state index contributed by atoms with van der Waals surface area (Å²) in [6.45, 7) is 4.68. The number of hydrogen-bond donors (Lipinski definition) is 3. The lowest BCUT2D eigenvalue weighted by Crippen LogP contribution is -2.41. The van der Waals surface area contributed by atoms with E-state index in [2.05, 4.69) is 29.1 Å². The number of benzene rings is 1. The van der Waals surface area contributed by atoms with Crippen molar-refractivity contribution in [2.45, 2.75) is 38.5 Å². The predicted molar refractivity (Wildman–Crippen MR) is 104 cm³/mol. The van der Waals surface area contributed by atoms with Crippen molar-refractivity contribution in [1.29, 1.82) is 0 Å². The molecule has 1 amide bonds. The fourth-order valence-corrected chi connectivity index (χ4v) is 3.42. The topological polar surface area (TPSA) is 101 Å². The van der Waals surface area contributed by atoms with Crippen molar-refractivity contribution < 1.29 is 4.79 Å². The Kier molecular flexibility index (Phi) is 7.46. The zero-order valence-corrected chi connectivity index (χ0v) is 15.6. The van der Waals surface area contributed by atoms with Crippen LogP contribution in [0.1, 0.15) is 32.5 Å². The van der Waals surface area contributed by atoms with Crippen LogP contribution in [0.5, 0.6) is 0 Å². The molecular weight excluding hydrogens is 336 g/mol. The van der Waals surface area contributed by atoms with Gasteiger partial charge in [-0.1, -0.05) is 26.0 Å². The summed E-state index contributed by atoms with van der Waals surface area (Å²) in [4.78, 5) is 31.2. The fourth-order valence-electron chi connectivity index (χ4n) is 2.62. The van der Waals surface area contributed by atoms with Crippen molar-refractivity contribution >= 4 is 28.6 Å². The molecule has 4 N–H and O–H groups in total. The largest absolute Gasteiger partial charge is 0.352 e. The molecule has 0 spiro atoms. The van der Waals surface area contributed by atoms with Gasteiger partial charge in [-0.2, -0.15) is 11.8 Å². The lowest BCUT2D eigenvalue weighted by Gasteiger charge is -2.18. The van der Waals surface area contributed by atoms with E-state index in [1.54, 1.807) is 17.8 Å². The number of H-pyrrole nitrogens is 1. The molecule has 1 heterocycles. The number of thioether (sulfide) groups is 1. The van der Waals surface area contributed by atoms with Gasteiger partial charge in [0.25, 0.3) is 5.56 Å². The highest BCUT2D eigenvalue weighted by Gasteiger charge is 2.12. The van der Waals surface area contributed by atoms with Crippen LogP contribution in [0.4, 0.5) is 0 Å². The van der Waals surface area contributed by atoms with Gasteiger partial charge in [0.05, 0.1) is 16.7 Å². The van der Waals surface area contributed by atoms with E-state index in [1.807, 2.05) is 18.2 Å². The first kappa shape index (κ1) is 19.5. The normalized spacial score (nSPS) is 12.5. The zero-order valence-electron chi connectivity index (χ0n) is 14.7. The molecule has 1 aromatic heterocycles. The molecule has 0 aliphatic heterocycles. The molecular formula is C18H26N4O2S. The lowest BCUT2D eigenvalue weighted by atomic mass is 10.0. The van der Waals surface area contributed by atoms with Gasteiger partial charge < -0.3 is 16.0 Å². The molecule has 136 valence electrons. The summed E-state index contributed by atoms with van der Waals surface area (Å²) in [7, 11) is 0. The van der Waals surface area contributed by atoms with Crippen LogP contribution in [-0.4, -0.2) is 34.2 Å². The molecule has 0 saturated heterocycles. The Balaban J connectivity index is 1.79. The summed E-state index contributed by atoms with van der Waals surface area (Å²) in [5.74, 6) is 2.39. The number of para-hydroxylation sites is 1. The van der Waals surface area contributed by atoms with E-state index >= 15 is 0 Å². The van der Waals surface area contributed by atoms with Crippen LogP contribution in [0.3, 0.4) is 0 Å². The minimum Gasteiger partial charge on any atom is -0.352 e. The number of carbonyl (C=O) groups is 1. The van der Waals surface area contributed by atoms with Crippen molar-refractivity contribution in [1.82, 2.24) is 15.3 Å². The fraction of sp³-hybridized carbons (Fsp3) is 0.500. The predicted octanol–water partition coefficient (Wildman–Crippen LogP) is 2.04. The molecule has 0 aliphatic rings. The summed E-state index contributed by atoms with van der Waals surface area (Å²) in [6, 6.07) is 7.30. The van der Waals surface area contributed by atoms with Crippen molar-refractivity contribution in [2.24, 2.45) is 11.7 Å². The van der Waals surface area contributed by atoms with Crippen LogP contribution in [0.2, 0.25) is 0 Å². The quantitative estimate of drug-likeness (QED) is 0.593. The van der Waals surface area contributed by atoms with Crippen LogP contribution < -0.4 is 16.6 Å². The summed E-state index contributed by atoms with van der Waals surface area (Å²) < 4.78 is 0. The maximum atomic E-state index is 12.0. The Bertz CT molecular complexity index is 760. The van der Waals surface area contributed by atoms with E-state index in [9.17, 15) is 9.59 Å². The summed E-state index contributed by atoms with van der Waals surface area (Å²) in [6.07, 6.45) is 1.31. The monoisotopic (exact) mass is 362 g/mol. The smallest absolute Gasteiger partial charge is 0.258 e. The molecule has 0 bridgehead atoms. The molecule has 0 radical (unpaired) electrons. The van der Waals surface area contributed by atoms with Crippen molar-refractivity contribution in [3.8, 4) is 0 Å². The first-order valence-corrected chi connectivity index (χ1v) is 9.70. The van der Waals surface area contributed by atoms with Crippen molar-refractivity contribution in [3.05, 3.63) is 40.4 Å². The van der Waals surface area contributed by atoms with Gasteiger partial charge in [-0.3, -0.25) is 9.59 Å². The van der Waals surface area contributed by atoms with Gasteiger partial charge >= 0.3 is 0 Å². The molecule has 1 aromatic carbocycles. The van der Waals surface area contributed by atoms with Crippen LogP contribution >= 0.6 is 11.8 Å².